The maximum atomic E-state index is 13.6. The van der Waals surface area contributed by atoms with Crippen molar-refractivity contribution >= 4 is 34.8 Å². The van der Waals surface area contributed by atoms with Crippen molar-refractivity contribution in [3.63, 3.8) is 0 Å². The number of carbonyl (C=O) groups is 1. The Morgan fingerprint density at radius 1 is 1.26 bits per heavy atom. The summed E-state index contributed by atoms with van der Waals surface area (Å²) in [7, 11) is 0. The summed E-state index contributed by atoms with van der Waals surface area (Å²) >= 11 is 6.53. The van der Waals surface area contributed by atoms with E-state index < -0.39 is 30.5 Å². The molecule has 0 aliphatic carbocycles. The van der Waals surface area contributed by atoms with Crippen LogP contribution in [0.1, 0.15) is 18.4 Å². The standard InChI is InChI=1S/C26H25ClF3N5O4/c27-20-11-21-24(33-23(20)15-3-1-4-16(9-15)26(28,29)30)35(18-5-2-8-34(21)12-18)25(38)32-17-6-7-31-22(10-17)39-14-19(37)13-36/h1,3-4,6-7,9-11,18-19,36-37H,2,5,8,12-14H2,(H,31,32,38)/t18-,19+/m0/s1. The number of aliphatic hydroxyl groups is 2. The van der Waals surface area contributed by atoms with E-state index in [2.05, 4.69) is 20.2 Å². The highest BCUT2D eigenvalue weighted by Crippen LogP contribution is 2.43. The van der Waals surface area contributed by atoms with Crippen molar-refractivity contribution in [1.29, 1.82) is 0 Å². The first-order valence-corrected chi connectivity index (χ1v) is 12.6. The van der Waals surface area contributed by atoms with Crippen LogP contribution in [0.3, 0.4) is 0 Å². The molecule has 5 rings (SSSR count). The molecule has 0 spiro atoms. The van der Waals surface area contributed by atoms with E-state index in [0.29, 0.717) is 23.7 Å². The van der Waals surface area contributed by atoms with E-state index in [9.17, 15) is 23.1 Å². The molecular formula is C26H25ClF3N5O4. The van der Waals surface area contributed by atoms with Crippen LogP contribution >= 0.6 is 11.6 Å². The van der Waals surface area contributed by atoms with Crippen LogP contribution < -0.4 is 19.9 Å². The molecule has 9 nitrogen and oxygen atoms in total. The number of rotatable bonds is 6. The molecule has 2 aliphatic heterocycles. The third kappa shape index (κ3) is 5.72. The molecule has 4 heterocycles. The number of aliphatic hydroxyl groups excluding tert-OH is 2. The number of anilines is 3. The fourth-order valence-corrected chi connectivity index (χ4v) is 4.98. The molecule has 1 fully saturated rings. The zero-order valence-corrected chi connectivity index (χ0v) is 21.3. The van der Waals surface area contributed by atoms with Gasteiger partial charge >= 0.3 is 12.2 Å². The smallest absolute Gasteiger partial charge is 0.416 e. The molecule has 0 radical (unpaired) electrons. The van der Waals surface area contributed by atoms with Gasteiger partial charge in [-0.1, -0.05) is 23.7 Å². The number of urea groups is 1. The summed E-state index contributed by atoms with van der Waals surface area (Å²) in [5, 5.41) is 21.5. The van der Waals surface area contributed by atoms with Gasteiger partial charge in [-0.05, 0) is 37.1 Å². The van der Waals surface area contributed by atoms with Crippen LogP contribution in [0.2, 0.25) is 5.02 Å². The highest BCUT2D eigenvalue weighted by atomic mass is 35.5. The quantitative estimate of drug-likeness (QED) is 0.403. The second-order valence-corrected chi connectivity index (χ2v) is 9.72. The Hall–Kier alpha value is -3.61. The Labute approximate surface area is 226 Å². The maximum absolute atomic E-state index is 13.6. The number of carbonyl (C=O) groups excluding carboxylic acids is 1. The van der Waals surface area contributed by atoms with Gasteiger partial charge < -0.3 is 25.2 Å². The summed E-state index contributed by atoms with van der Waals surface area (Å²) < 4.78 is 45.5. The van der Waals surface area contributed by atoms with Gasteiger partial charge in [0.05, 0.1) is 34.6 Å². The average Bonchev–Trinajstić information content (AvgIpc) is 2.92. The molecule has 3 N–H and O–H groups in total. The normalized spacial score (nSPS) is 17.4. The number of alkyl halides is 3. The molecule has 1 saturated heterocycles. The zero-order valence-electron chi connectivity index (χ0n) is 20.5. The van der Waals surface area contributed by atoms with Crippen LogP contribution in [-0.2, 0) is 6.18 Å². The molecular weight excluding hydrogens is 539 g/mol. The fourth-order valence-electron chi connectivity index (χ4n) is 4.73. The Balaban J connectivity index is 1.48. The summed E-state index contributed by atoms with van der Waals surface area (Å²) in [5.74, 6) is 0.441. The number of hydrogen-bond donors (Lipinski definition) is 3. The van der Waals surface area contributed by atoms with Gasteiger partial charge in [0.15, 0.2) is 5.82 Å². The van der Waals surface area contributed by atoms with E-state index >= 15 is 0 Å². The second-order valence-electron chi connectivity index (χ2n) is 9.31. The van der Waals surface area contributed by atoms with Crippen molar-refractivity contribution < 1.29 is 32.9 Å². The Bertz CT molecular complexity index is 1380. The third-order valence-corrected chi connectivity index (χ3v) is 6.86. The number of piperidine rings is 1. The number of aromatic nitrogens is 2. The number of ether oxygens (including phenoxy) is 1. The van der Waals surface area contributed by atoms with Gasteiger partial charge in [-0.25, -0.2) is 14.8 Å². The number of nitrogens with zero attached hydrogens (tertiary/aromatic N) is 4. The highest BCUT2D eigenvalue weighted by Gasteiger charge is 2.39. The number of pyridine rings is 2. The molecule has 39 heavy (non-hydrogen) atoms. The van der Waals surface area contributed by atoms with Crippen LogP contribution in [-0.4, -0.2) is 64.7 Å². The van der Waals surface area contributed by atoms with Crippen molar-refractivity contribution in [3.8, 4) is 17.1 Å². The molecule has 0 unspecified atom stereocenters. The van der Waals surface area contributed by atoms with Crippen molar-refractivity contribution in [2.45, 2.75) is 31.2 Å². The Kier molecular flexibility index (Phi) is 7.52. The van der Waals surface area contributed by atoms with Crippen molar-refractivity contribution in [3.05, 3.63) is 59.2 Å². The van der Waals surface area contributed by atoms with Crippen LogP contribution in [0.25, 0.3) is 11.3 Å². The molecule has 2 aromatic heterocycles. The average molecular weight is 564 g/mol. The first-order valence-electron chi connectivity index (χ1n) is 12.2. The van der Waals surface area contributed by atoms with Crippen molar-refractivity contribution in [2.75, 3.05) is 41.4 Å². The number of hydrogen-bond acceptors (Lipinski definition) is 7. The minimum Gasteiger partial charge on any atom is -0.475 e. The zero-order chi connectivity index (χ0) is 27.7. The van der Waals surface area contributed by atoms with Gasteiger partial charge in [0.1, 0.15) is 12.7 Å². The summed E-state index contributed by atoms with van der Waals surface area (Å²) in [6, 6.07) is 8.73. The van der Waals surface area contributed by atoms with E-state index in [1.807, 2.05) is 0 Å². The molecule has 13 heteroatoms. The van der Waals surface area contributed by atoms with Crippen molar-refractivity contribution in [2.24, 2.45) is 0 Å². The van der Waals surface area contributed by atoms with Gasteiger partial charge in [0.25, 0.3) is 0 Å². The second kappa shape index (κ2) is 10.9. The molecule has 2 atom stereocenters. The number of benzene rings is 1. The maximum Gasteiger partial charge on any atom is 0.416 e. The number of nitrogens with one attached hydrogen (secondary N) is 1. The lowest BCUT2D eigenvalue weighted by molar-refractivity contribution is -0.137. The van der Waals surface area contributed by atoms with Crippen LogP contribution in [0, 0.1) is 0 Å². The molecule has 2 bridgehead atoms. The summed E-state index contributed by atoms with van der Waals surface area (Å²) in [6.45, 7) is 0.652. The molecule has 1 aromatic carbocycles. The predicted molar refractivity (Wildman–Crippen MR) is 139 cm³/mol. The summed E-state index contributed by atoms with van der Waals surface area (Å²) in [5.41, 5.74) is 0.495. The fraction of sp³-hybridized carbons (Fsp3) is 0.346. The Morgan fingerprint density at radius 2 is 2.08 bits per heavy atom. The van der Waals surface area contributed by atoms with Crippen molar-refractivity contribution in [1.82, 2.24) is 9.97 Å². The lowest BCUT2D eigenvalue weighted by Crippen LogP contribution is -2.56. The van der Waals surface area contributed by atoms with Gasteiger partial charge in [-0.15, -0.1) is 0 Å². The number of fused-ring (bicyclic) bond motifs is 4. The molecule has 206 valence electrons. The van der Waals surface area contributed by atoms with E-state index in [0.717, 1.165) is 31.5 Å². The lowest BCUT2D eigenvalue weighted by atomic mass is 9.99. The van der Waals surface area contributed by atoms with E-state index in [1.165, 1.54) is 29.3 Å². The van der Waals surface area contributed by atoms with E-state index in [1.54, 1.807) is 12.1 Å². The topological polar surface area (TPSA) is 111 Å². The van der Waals surface area contributed by atoms with E-state index in [-0.39, 0.29) is 34.8 Å². The number of halogens is 4. The molecule has 3 aromatic rings. The molecule has 2 aliphatic rings. The minimum absolute atomic E-state index is 0.139. The monoisotopic (exact) mass is 563 g/mol. The van der Waals surface area contributed by atoms with Crippen LogP contribution in [0.5, 0.6) is 5.88 Å². The van der Waals surface area contributed by atoms with Gasteiger partial charge in [0, 0.05) is 36.6 Å². The first kappa shape index (κ1) is 27.0. The molecule has 2 amide bonds. The van der Waals surface area contributed by atoms with Crippen LogP contribution in [0.4, 0.5) is 35.2 Å². The third-order valence-electron chi connectivity index (χ3n) is 6.57. The van der Waals surface area contributed by atoms with Gasteiger partial charge in [-0.2, -0.15) is 13.2 Å². The summed E-state index contributed by atoms with van der Waals surface area (Å²) in [4.78, 5) is 25.9. The lowest BCUT2D eigenvalue weighted by Gasteiger charge is -2.46. The minimum atomic E-state index is -4.53. The predicted octanol–water partition coefficient (Wildman–Crippen LogP) is 4.57. The van der Waals surface area contributed by atoms with Crippen LogP contribution in [0.15, 0.2) is 48.7 Å². The first-order chi connectivity index (χ1) is 18.6. The summed E-state index contributed by atoms with van der Waals surface area (Å²) in [6.07, 6.45) is -2.63. The Morgan fingerprint density at radius 3 is 2.85 bits per heavy atom. The largest absolute Gasteiger partial charge is 0.475 e. The van der Waals surface area contributed by atoms with E-state index in [4.69, 9.17) is 21.4 Å². The molecule has 0 saturated carbocycles. The van der Waals surface area contributed by atoms with Gasteiger partial charge in [-0.3, -0.25) is 4.90 Å². The highest BCUT2D eigenvalue weighted by molar-refractivity contribution is 6.33. The van der Waals surface area contributed by atoms with Gasteiger partial charge in [0.2, 0.25) is 5.88 Å². The SMILES string of the molecule is O=C(Nc1ccnc(OC[C@H](O)CO)c1)N1c2nc(-c3cccc(C(F)(F)F)c3)c(Cl)cc2N2CCC[C@H]1C2. The number of amides is 2.